The van der Waals surface area contributed by atoms with Gasteiger partial charge in [-0.15, -0.1) is 10.2 Å². The number of ether oxygens (including phenoxy) is 2. The van der Waals surface area contributed by atoms with Crippen LogP contribution in [0.25, 0.3) is 22.0 Å². The van der Waals surface area contributed by atoms with Crippen LogP contribution in [0.3, 0.4) is 0 Å². The molecule has 0 bridgehead atoms. The molecule has 1 aliphatic heterocycles. The van der Waals surface area contributed by atoms with Crippen molar-refractivity contribution in [2.45, 2.75) is 51.3 Å². The zero-order valence-corrected chi connectivity index (χ0v) is 29.6. The number of aromatic nitrogens is 2. The van der Waals surface area contributed by atoms with E-state index in [4.69, 9.17) is 9.47 Å². The molecule has 5 aromatic rings. The molecule has 50 heavy (non-hydrogen) atoms. The minimum Gasteiger partial charge on any atom is -0.490 e. The van der Waals surface area contributed by atoms with E-state index in [1.54, 1.807) is 19.1 Å². The molecule has 4 aromatic carbocycles. The Balaban J connectivity index is 1.19. The molecule has 1 saturated heterocycles. The number of hydrogen-bond donors (Lipinski definition) is 2. The Morgan fingerprint density at radius 1 is 0.820 bits per heavy atom. The second-order valence-electron chi connectivity index (χ2n) is 12.3. The third-order valence-electron chi connectivity index (χ3n) is 8.79. The summed E-state index contributed by atoms with van der Waals surface area (Å²) in [5, 5.41) is 14.1. The highest BCUT2D eigenvalue weighted by Gasteiger charge is 2.21. The molecule has 1 aromatic heterocycles. The van der Waals surface area contributed by atoms with Crippen LogP contribution in [-0.4, -0.2) is 62.3 Å². The van der Waals surface area contributed by atoms with Crippen LogP contribution in [-0.2, 0) is 16.4 Å². The van der Waals surface area contributed by atoms with Crippen molar-refractivity contribution in [2.24, 2.45) is 0 Å². The minimum atomic E-state index is -3.84. The molecule has 260 valence electrons. The quantitative estimate of drug-likeness (QED) is 0.132. The monoisotopic (exact) mass is 693 g/mol. The third-order valence-corrected chi connectivity index (χ3v) is 10.4. The van der Waals surface area contributed by atoms with Gasteiger partial charge in [-0.2, -0.15) is 0 Å². The number of nitrogens with zero attached hydrogens (tertiary/aromatic N) is 3. The fraction of sp³-hybridized carbons (Fsp3) is 0.308. The zero-order valence-electron chi connectivity index (χ0n) is 28.7. The van der Waals surface area contributed by atoms with E-state index in [0.29, 0.717) is 59.3 Å². The van der Waals surface area contributed by atoms with Crippen LogP contribution in [0.2, 0.25) is 0 Å². The number of carbonyl (C=O) groups excluding carboxylic acids is 1. The van der Waals surface area contributed by atoms with Crippen molar-refractivity contribution in [2.75, 3.05) is 38.2 Å². The first kappa shape index (κ1) is 34.8. The number of rotatable bonds is 13. The molecule has 2 N–H and O–H groups in total. The maximum atomic E-state index is 13.6. The van der Waals surface area contributed by atoms with Gasteiger partial charge in [0.1, 0.15) is 5.69 Å². The molecule has 10 nitrogen and oxygen atoms in total. The molecule has 0 saturated carbocycles. The number of aryl methyl sites for hydroxylation is 1. The lowest BCUT2D eigenvalue weighted by Crippen LogP contribution is -2.35. The van der Waals surface area contributed by atoms with E-state index >= 15 is 0 Å². The van der Waals surface area contributed by atoms with Crippen molar-refractivity contribution in [1.82, 2.24) is 19.8 Å². The van der Waals surface area contributed by atoms with Crippen molar-refractivity contribution in [3.8, 4) is 22.8 Å². The van der Waals surface area contributed by atoms with Gasteiger partial charge in [0.25, 0.3) is 5.91 Å². The number of piperidine rings is 1. The van der Waals surface area contributed by atoms with Gasteiger partial charge in [0.2, 0.25) is 10.0 Å². The maximum Gasteiger partial charge on any atom is 0.253 e. The van der Waals surface area contributed by atoms with Crippen LogP contribution in [0.5, 0.6) is 11.5 Å². The first-order chi connectivity index (χ1) is 24.3. The molecule has 1 fully saturated rings. The molecule has 2 heterocycles. The molecule has 1 aliphatic rings. The van der Waals surface area contributed by atoms with Gasteiger partial charge in [-0.05, 0) is 100 Å². The van der Waals surface area contributed by atoms with E-state index in [0.717, 1.165) is 48.0 Å². The van der Waals surface area contributed by atoms with Crippen LogP contribution in [0.1, 0.15) is 54.6 Å². The molecule has 0 radical (unpaired) electrons. The lowest BCUT2D eigenvalue weighted by Gasteiger charge is -2.26. The van der Waals surface area contributed by atoms with Gasteiger partial charge in [0.05, 0.1) is 18.1 Å². The smallest absolute Gasteiger partial charge is 0.253 e. The number of carbonyl (C=O) groups is 1. The van der Waals surface area contributed by atoms with E-state index in [9.17, 15) is 13.2 Å². The SMILES string of the molecule is CCOc1ccc(CCNS(=O)(=O)c2cc(-c3nnc(Nc4ccc(C(=O)N5CCCCC5)cc4)c4ccccc34)ccc2C)cc1OCC. The Morgan fingerprint density at radius 3 is 2.28 bits per heavy atom. The lowest BCUT2D eigenvalue weighted by molar-refractivity contribution is 0.0724. The number of benzene rings is 4. The van der Waals surface area contributed by atoms with E-state index < -0.39 is 10.0 Å². The van der Waals surface area contributed by atoms with Gasteiger partial charge in [0, 0.05) is 47.2 Å². The summed E-state index contributed by atoms with van der Waals surface area (Å²) in [5.74, 6) is 1.93. The summed E-state index contributed by atoms with van der Waals surface area (Å²) in [6.45, 7) is 8.45. The average Bonchev–Trinajstić information content (AvgIpc) is 3.13. The summed E-state index contributed by atoms with van der Waals surface area (Å²) in [6.07, 6.45) is 3.74. The molecule has 6 rings (SSSR count). The number of likely N-dealkylation sites (tertiary alicyclic amines) is 1. The Labute approximate surface area is 293 Å². The Kier molecular flexibility index (Phi) is 10.9. The van der Waals surface area contributed by atoms with E-state index in [-0.39, 0.29) is 17.3 Å². The van der Waals surface area contributed by atoms with Crippen LogP contribution in [0, 0.1) is 6.92 Å². The van der Waals surface area contributed by atoms with Crippen molar-refractivity contribution in [3.63, 3.8) is 0 Å². The number of fused-ring (bicyclic) bond motifs is 1. The van der Waals surface area contributed by atoms with Crippen molar-refractivity contribution in [1.29, 1.82) is 0 Å². The normalized spacial score (nSPS) is 13.3. The summed E-state index contributed by atoms with van der Waals surface area (Å²) in [6, 6.07) is 26.1. The molecule has 1 amide bonds. The number of amides is 1. The molecule has 11 heteroatoms. The van der Waals surface area contributed by atoms with Crippen LogP contribution in [0.4, 0.5) is 11.5 Å². The Morgan fingerprint density at radius 2 is 1.54 bits per heavy atom. The second-order valence-corrected chi connectivity index (χ2v) is 14.0. The van der Waals surface area contributed by atoms with Crippen molar-refractivity contribution >= 4 is 38.2 Å². The summed E-state index contributed by atoms with van der Waals surface area (Å²) in [4.78, 5) is 15.0. The average molecular weight is 694 g/mol. The largest absolute Gasteiger partial charge is 0.490 e. The topological polar surface area (TPSA) is 123 Å². The second kappa shape index (κ2) is 15.7. The predicted molar refractivity (Wildman–Crippen MR) is 197 cm³/mol. The predicted octanol–water partition coefficient (Wildman–Crippen LogP) is 7.29. The summed E-state index contributed by atoms with van der Waals surface area (Å²) >= 11 is 0. The van der Waals surface area contributed by atoms with Gasteiger partial charge in [-0.3, -0.25) is 4.79 Å². The van der Waals surface area contributed by atoms with Gasteiger partial charge in [-0.25, -0.2) is 13.1 Å². The number of anilines is 2. The van der Waals surface area contributed by atoms with E-state index in [2.05, 4.69) is 20.2 Å². The molecule has 0 unspecified atom stereocenters. The minimum absolute atomic E-state index is 0.0595. The van der Waals surface area contributed by atoms with Crippen LogP contribution in [0.15, 0.2) is 89.8 Å². The third kappa shape index (κ3) is 7.90. The van der Waals surface area contributed by atoms with Crippen LogP contribution >= 0.6 is 0 Å². The van der Waals surface area contributed by atoms with Crippen molar-refractivity contribution < 1.29 is 22.7 Å². The standard InChI is InChI=1S/C39H43N5O5S/c1-4-48-34-20-14-28(25-35(34)49-5-2)21-22-40-50(46,47)36-26-30(15-13-27(36)3)37-32-11-7-8-12-33(32)38(43-42-37)41-31-18-16-29(17-19-31)39(45)44-23-9-6-10-24-44/h7-8,11-20,25-26,40H,4-6,9-10,21-24H2,1-3H3,(H,41,43). The lowest BCUT2D eigenvalue weighted by atomic mass is 10.0. The highest BCUT2D eigenvalue weighted by molar-refractivity contribution is 7.89. The molecular weight excluding hydrogens is 651 g/mol. The Bertz CT molecular complexity index is 2080. The van der Waals surface area contributed by atoms with Gasteiger partial charge in [-0.1, -0.05) is 42.5 Å². The Hall–Kier alpha value is -5.00. The number of sulfonamides is 1. The molecule has 0 spiro atoms. The molecular formula is C39H43N5O5S. The van der Waals surface area contributed by atoms with Gasteiger partial charge in [0.15, 0.2) is 17.3 Å². The first-order valence-electron chi connectivity index (χ1n) is 17.2. The van der Waals surface area contributed by atoms with Crippen molar-refractivity contribution in [3.05, 3.63) is 102 Å². The van der Waals surface area contributed by atoms with E-state index in [1.165, 1.54) is 6.42 Å². The maximum absolute atomic E-state index is 13.6. The fourth-order valence-electron chi connectivity index (χ4n) is 6.22. The number of nitrogens with one attached hydrogen (secondary N) is 2. The van der Waals surface area contributed by atoms with Gasteiger partial charge < -0.3 is 19.7 Å². The summed E-state index contributed by atoms with van der Waals surface area (Å²) < 4.78 is 41.3. The first-order valence-corrected chi connectivity index (χ1v) is 18.7. The zero-order chi connectivity index (χ0) is 35.1. The molecule has 0 aliphatic carbocycles. The highest BCUT2D eigenvalue weighted by atomic mass is 32.2. The summed E-state index contributed by atoms with van der Waals surface area (Å²) in [7, 11) is -3.84. The van der Waals surface area contributed by atoms with Gasteiger partial charge >= 0.3 is 0 Å². The molecule has 0 atom stereocenters. The summed E-state index contributed by atoms with van der Waals surface area (Å²) in [5.41, 5.74) is 4.21. The fourth-order valence-corrected chi connectivity index (χ4v) is 7.52. The van der Waals surface area contributed by atoms with Crippen LogP contribution < -0.4 is 19.5 Å². The van der Waals surface area contributed by atoms with E-state index in [1.807, 2.05) is 91.5 Å². The number of hydrogen-bond acceptors (Lipinski definition) is 8. The highest BCUT2D eigenvalue weighted by Crippen LogP contribution is 2.33.